The fourth-order valence-corrected chi connectivity index (χ4v) is 6.77. The molecule has 0 atom stereocenters. The van der Waals surface area contributed by atoms with Gasteiger partial charge in [0.2, 0.25) is 5.91 Å². The van der Waals surface area contributed by atoms with Gasteiger partial charge in [0.1, 0.15) is 10.8 Å². The van der Waals surface area contributed by atoms with E-state index in [-0.39, 0.29) is 22.7 Å². The maximum atomic E-state index is 12.8. The van der Waals surface area contributed by atoms with Crippen LogP contribution >= 0.6 is 11.8 Å². The van der Waals surface area contributed by atoms with Crippen LogP contribution in [0.1, 0.15) is 47.0 Å². The molecule has 1 fully saturated rings. The number of phenolic OH excluding ortho intramolecular Hbond substituents is 1. The summed E-state index contributed by atoms with van der Waals surface area (Å²) in [7, 11) is 0. The van der Waals surface area contributed by atoms with Gasteiger partial charge in [-0.2, -0.15) is 5.10 Å². The van der Waals surface area contributed by atoms with E-state index < -0.39 is 0 Å². The summed E-state index contributed by atoms with van der Waals surface area (Å²) in [5, 5.41) is 27.2. The maximum absolute atomic E-state index is 12.8. The normalized spacial score (nSPS) is 17.6. The zero-order chi connectivity index (χ0) is 24.5. The first kappa shape index (κ1) is 24.2. The van der Waals surface area contributed by atoms with Crippen LogP contribution in [0.4, 0.5) is 0 Å². The Bertz CT molecular complexity index is 1130. The fourth-order valence-electron chi connectivity index (χ4n) is 5.22. The average Bonchev–Trinajstić information content (AvgIpc) is 3.28. The van der Waals surface area contributed by atoms with Crippen molar-refractivity contribution in [3.63, 3.8) is 0 Å². The number of nitrogens with zero attached hydrogens (tertiary/aromatic N) is 4. The first-order valence-electron chi connectivity index (χ1n) is 11.5. The number of benzene rings is 1. The van der Waals surface area contributed by atoms with Crippen molar-refractivity contribution in [2.45, 2.75) is 68.3 Å². The Morgan fingerprint density at radius 1 is 1.15 bits per heavy atom. The third-order valence-electron chi connectivity index (χ3n) is 6.31. The molecule has 34 heavy (non-hydrogen) atoms. The van der Waals surface area contributed by atoms with E-state index in [4.69, 9.17) is 5.73 Å². The van der Waals surface area contributed by atoms with Gasteiger partial charge in [-0.1, -0.05) is 6.07 Å². The second-order valence-electron chi connectivity index (χ2n) is 10.0. The van der Waals surface area contributed by atoms with Crippen molar-refractivity contribution < 1.29 is 9.90 Å². The summed E-state index contributed by atoms with van der Waals surface area (Å²) in [6.45, 7) is 8.87. The number of piperidine rings is 1. The third-order valence-corrected chi connectivity index (χ3v) is 7.43. The lowest BCUT2D eigenvalue weighted by Crippen LogP contribution is -2.63. The predicted octanol–water partition coefficient (Wildman–Crippen LogP) is 4.23. The van der Waals surface area contributed by atoms with E-state index >= 15 is 0 Å². The smallest absolute Gasteiger partial charge is 0.224 e. The highest BCUT2D eigenvalue weighted by Crippen LogP contribution is 2.44. The van der Waals surface area contributed by atoms with Gasteiger partial charge in [-0.05, 0) is 70.4 Å². The molecule has 1 aliphatic heterocycles. The van der Waals surface area contributed by atoms with Crippen molar-refractivity contribution >= 4 is 17.7 Å². The number of hydrogen-bond donors (Lipinski definition) is 3. The molecule has 3 heterocycles. The maximum Gasteiger partial charge on any atom is 0.224 e. The Kier molecular flexibility index (Phi) is 6.69. The molecule has 2 aromatic heterocycles. The Morgan fingerprint density at radius 2 is 1.88 bits per heavy atom. The van der Waals surface area contributed by atoms with Crippen LogP contribution in [-0.4, -0.2) is 59.2 Å². The molecule has 0 saturated carbocycles. The number of amides is 1. The molecule has 0 unspecified atom stereocenters. The molecule has 0 aliphatic carbocycles. The first-order chi connectivity index (χ1) is 16.1. The zero-order valence-corrected chi connectivity index (χ0v) is 20.9. The number of aromatic hydroxyl groups is 1. The van der Waals surface area contributed by atoms with Gasteiger partial charge >= 0.3 is 0 Å². The van der Waals surface area contributed by atoms with Crippen LogP contribution in [-0.2, 0) is 4.79 Å². The van der Waals surface area contributed by atoms with E-state index in [9.17, 15) is 9.90 Å². The second-order valence-corrected chi connectivity index (χ2v) is 11.3. The van der Waals surface area contributed by atoms with Gasteiger partial charge < -0.3 is 15.7 Å². The topological polar surface area (TPSA) is 121 Å². The van der Waals surface area contributed by atoms with E-state index in [1.165, 1.54) is 0 Å². The molecule has 0 spiro atoms. The summed E-state index contributed by atoms with van der Waals surface area (Å²) in [4.78, 5) is 14.8. The number of H-pyrrole nitrogens is 1. The van der Waals surface area contributed by atoms with E-state index in [0.717, 1.165) is 29.0 Å². The molecule has 9 heteroatoms. The SMILES string of the molecule is CC1(C)CC(Sc2ccc(-c3ccc(-c4cn[nH]c4)cc3O)nn2)CC(C)(C)N1C(=O)CCN. The van der Waals surface area contributed by atoms with E-state index in [1.54, 1.807) is 30.2 Å². The lowest BCUT2D eigenvalue weighted by Gasteiger charge is -2.55. The molecule has 180 valence electrons. The van der Waals surface area contributed by atoms with Gasteiger partial charge in [-0.25, -0.2) is 0 Å². The van der Waals surface area contributed by atoms with Gasteiger partial charge in [0, 0.05) is 46.6 Å². The highest BCUT2D eigenvalue weighted by atomic mass is 32.2. The van der Waals surface area contributed by atoms with Crippen LogP contribution in [0.15, 0.2) is 47.8 Å². The Morgan fingerprint density at radius 3 is 2.44 bits per heavy atom. The number of carbonyl (C=O) groups excluding carboxylic acids is 1. The van der Waals surface area contributed by atoms with Gasteiger partial charge in [-0.3, -0.25) is 9.89 Å². The lowest BCUT2D eigenvalue weighted by atomic mass is 9.79. The van der Waals surface area contributed by atoms with Crippen LogP contribution < -0.4 is 5.73 Å². The van der Waals surface area contributed by atoms with Gasteiger partial charge in [-0.15, -0.1) is 22.0 Å². The van der Waals surface area contributed by atoms with Crippen molar-refractivity contribution in [2.75, 3.05) is 6.54 Å². The summed E-state index contributed by atoms with van der Waals surface area (Å²) in [6.07, 6.45) is 5.57. The largest absolute Gasteiger partial charge is 0.507 e. The minimum absolute atomic E-state index is 0.115. The molecular weight excluding hydrogens is 448 g/mol. The van der Waals surface area contributed by atoms with Gasteiger partial charge in [0.05, 0.1) is 11.9 Å². The van der Waals surface area contributed by atoms with Crippen LogP contribution in [0.25, 0.3) is 22.4 Å². The Labute approximate surface area is 204 Å². The fraction of sp³-hybridized carbons (Fsp3) is 0.440. The van der Waals surface area contributed by atoms with Gasteiger partial charge in [0.15, 0.2) is 0 Å². The summed E-state index contributed by atoms with van der Waals surface area (Å²) >= 11 is 1.70. The minimum Gasteiger partial charge on any atom is -0.507 e. The van der Waals surface area contributed by atoms with E-state index in [1.807, 2.05) is 29.2 Å². The molecule has 3 aromatic rings. The monoisotopic (exact) mass is 480 g/mol. The predicted molar refractivity (Wildman–Crippen MR) is 134 cm³/mol. The average molecular weight is 481 g/mol. The van der Waals surface area contributed by atoms with Crippen LogP contribution in [0.2, 0.25) is 0 Å². The molecular formula is C25H32N6O2S. The Balaban J connectivity index is 1.48. The standard InChI is InChI=1S/C25H32N6O2S/c1-24(2)12-18(13-25(3,4)31(24)23(33)9-10-26)34-22-8-7-20(29-30-22)19-6-5-16(11-21(19)32)17-14-27-28-15-17/h5-8,11,14-15,18,32H,9-10,12-13,26H2,1-4H3,(H,27,28). The van der Waals surface area contributed by atoms with Gasteiger partial charge in [0.25, 0.3) is 0 Å². The summed E-state index contributed by atoms with van der Waals surface area (Å²) in [5.41, 5.74) is 8.12. The van der Waals surface area contributed by atoms with E-state index in [0.29, 0.717) is 29.5 Å². The summed E-state index contributed by atoms with van der Waals surface area (Å²) in [6, 6.07) is 9.30. The number of rotatable bonds is 6. The van der Waals surface area contributed by atoms with Crippen molar-refractivity contribution in [3.05, 3.63) is 42.7 Å². The zero-order valence-electron chi connectivity index (χ0n) is 20.1. The molecule has 1 aromatic carbocycles. The number of aromatic amines is 1. The number of hydrogen-bond acceptors (Lipinski definition) is 7. The Hall–Kier alpha value is -2.91. The molecule has 4 N–H and O–H groups in total. The van der Waals surface area contributed by atoms with Crippen molar-refractivity contribution in [3.8, 4) is 28.1 Å². The molecule has 0 radical (unpaired) electrons. The quantitative estimate of drug-likeness (QED) is 0.483. The number of likely N-dealkylation sites (tertiary alicyclic amines) is 1. The molecule has 1 saturated heterocycles. The number of nitrogens with two attached hydrogens (primary N) is 1. The van der Waals surface area contributed by atoms with Crippen LogP contribution in [0, 0.1) is 0 Å². The highest BCUT2D eigenvalue weighted by molar-refractivity contribution is 7.99. The molecule has 1 amide bonds. The van der Waals surface area contributed by atoms with Crippen LogP contribution in [0.3, 0.4) is 0 Å². The first-order valence-corrected chi connectivity index (χ1v) is 12.3. The molecule has 8 nitrogen and oxygen atoms in total. The molecule has 4 rings (SSSR count). The van der Waals surface area contributed by atoms with E-state index in [2.05, 4.69) is 48.1 Å². The van der Waals surface area contributed by atoms with Crippen molar-refractivity contribution in [1.29, 1.82) is 0 Å². The number of thioether (sulfide) groups is 1. The van der Waals surface area contributed by atoms with Crippen molar-refractivity contribution in [2.24, 2.45) is 5.73 Å². The van der Waals surface area contributed by atoms with Crippen molar-refractivity contribution in [1.82, 2.24) is 25.3 Å². The number of aromatic nitrogens is 4. The highest BCUT2D eigenvalue weighted by Gasteiger charge is 2.47. The lowest BCUT2D eigenvalue weighted by molar-refractivity contribution is -0.148. The second kappa shape index (κ2) is 9.38. The molecule has 1 aliphatic rings. The third kappa shape index (κ3) is 4.95. The molecule has 0 bridgehead atoms. The summed E-state index contributed by atoms with van der Waals surface area (Å²) in [5.74, 6) is 0.259. The van der Waals surface area contributed by atoms with Crippen LogP contribution in [0.5, 0.6) is 5.75 Å². The number of phenols is 1. The summed E-state index contributed by atoms with van der Waals surface area (Å²) < 4.78 is 0. The minimum atomic E-state index is -0.276. The number of nitrogens with one attached hydrogen (secondary N) is 1. The number of carbonyl (C=O) groups is 1.